The summed E-state index contributed by atoms with van der Waals surface area (Å²) in [6, 6.07) is 22.1. The number of amides is 1. The third-order valence-corrected chi connectivity index (χ3v) is 4.66. The third-order valence-electron chi connectivity index (χ3n) is 4.66. The number of nitrogens with one attached hydrogen (secondary N) is 1. The van der Waals surface area contributed by atoms with Crippen molar-refractivity contribution in [2.75, 3.05) is 13.2 Å². The van der Waals surface area contributed by atoms with Gasteiger partial charge >= 0.3 is 0 Å². The average molecular weight is 391 g/mol. The summed E-state index contributed by atoms with van der Waals surface area (Å²) >= 11 is 0. The van der Waals surface area contributed by atoms with Gasteiger partial charge in [-0.2, -0.15) is 5.10 Å². The Labute approximate surface area is 170 Å². The average Bonchev–Trinajstić information content (AvgIpc) is 2.75. The van der Waals surface area contributed by atoms with Gasteiger partial charge in [0, 0.05) is 18.0 Å². The number of para-hydroxylation sites is 1. The predicted octanol–water partition coefficient (Wildman–Crippen LogP) is 3.03. The maximum atomic E-state index is 12.6. The topological polar surface area (TPSA) is 73.2 Å². The third kappa shape index (κ3) is 5.54. The predicted molar refractivity (Wildman–Crippen MR) is 112 cm³/mol. The van der Waals surface area contributed by atoms with E-state index in [0.717, 1.165) is 11.3 Å². The van der Waals surface area contributed by atoms with Crippen LogP contribution < -0.4 is 15.6 Å². The maximum absolute atomic E-state index is 12.6. The van der Waals surface area contributed by atoms with Crippen molar-refractivity contribution in [3.63, 3.8) is 0 Å². The molecule has 150 valence electrons. The van der Waals surface area contributed by atoms with Crippen LogP contribution >= 0.6 is 0 Å². The summed E-state index contributed by atoms with van der Waals surface area (Å²) in [6.45, 7) is 5.12. The van der Waals surface area contributed by atoms with Gasteiger partial charge in [0.1, 0.15) is 18.1 Å². The molecule has 6 heteroatoms. The number of rotatable bonds is 8. The first kappa shape index (κ1) is 20.3. The maximum Gasteiger partial charge on any atom is 0.271 e. The monoisotopic (exact) mass is 391 g/mol. The highest BCUT2D eigenvalue weighted by molar-refractivity contribution is 5.92. The van der Waals surface area contributed by atoms with Gasteiger partial charge in [-0.3, -0.25) is 9.59 Å². The number of ether oxygens (including phenoxy) is 1. The molecule has 1 N–H and O–H groups in total. The van der Waals surface area contributed by atoms with E-state index in [-0.39, 0.29) is 35.7 Å². The zero-order valence-electron chi connectivity index (χ0n) is 16.7. The quantitative estimate of drug-likeness (QED) is 0.641. The molecule has 3 aromatic rings. The van der Waals surface area contributed by atoms with Gasteiger partial charge in [-0.1, -0.05) is 62.4 Å². The highest BCUT2D eigenvalue weighted by Gasteiger charge is 2.22. The number of carbonyl (C=O) groups is 1. The van der Waals surface area contributed by atoms with Crippen LogP contribution in [0.4, 0.5) is 0 Å². The van der Waals surface area contributed by atoms with E-state index in [4.69, 9.17) is 4.74 Å². The number of hydrogen-bond donors (Lipinski definition) is 1. The summed E-state index contributed by atoms with van der Waals surface area (Å²) in [7, 11) is 0. The molecule has 0 aliphatic heterocycles. The van der Waals surface area contributed by atoms with Crippen molar-refractivity contribution in [3.05, 3.63) is 94.4 Å². The molecule has 1 heterocycles. The second-order valence-electron chi connectivity index (χ2n) is 7.37. The van der Waals surface area contributed by atoms with E-state index in [2.05, 4.69) is 24.3 Å². The Morgan fingerprint density at radius 1 is 1.00 bits per heavy atom. The molecule has 2 aromatic carbocycles. The SMILES string of the molecule is CC(C)(CNC(=O)c1ccc(=O)n(CCOc2ccccc2)n1)c1ccccc1. The molecule has 0 fully saturated rings. The van der Waals surface area contributed by atoms with Crippen LogP contribution in [0.3, 0.4) is 0 Å². The van der Waals surface area contributed by atoms with E-state index in [9.17, 15) is 9.59 Å². The zero-order valence-corrected chi connectivity index (χ0v) is 16.7. The highest BCUT2D eigenvalue weighted by atomic mass is 16.5. The minimum atomic E-state index is -0.313. The number of nitrogens with zero attached hydrogens (tertiary/aromatic N) is 2. The second-order valence-corrected chi connectivity index (χ2v) is 7.37. The van der Waals surface area contributed by atoms with Crippen LogP contribution in [0.25, 0.3) is 0 Å². The number of benzene rings is 2. The second kappa shape index (κ2) is 9.19. The summed E-state index contributed by atoms with van der Waals surface area (Å²) in [5.74, 6) is 0.407. The highest BCUT2D eigenvalue weighted by Crippen LogP contribution is 2.21. The first-order chi connectivity index (χ1) is 14.0. The van der Waals surface area contributed by atoms with Crippen LogP contribution in [0.2, 0.25) is 0 Å². The van der Waals surface area contributed by atoms with Crippen molar-refractivity contribution in [1.29, 1.82) is 0 Å². The van der Waals surface area contributed by atoms with E-state index in [1.165, 1.54) is 16.8 Å². The molecule has 0 aliphatic carbocycles. The Bertz CT molecular complexity index is 999. The first-order valence-electron chi connectivity index (χ1n) is 9.55. The fourth-order valence-corrected chi connectivity index (χ4v) is 2.88. The first-order valence-corrected chi connectivity index (χ1v) is 9.55. The van der Waals surface area contributed by atoms with Crippen LogP contribution in [-0.2, 0) is 12.0 Å². The molecule has 0 aliphatic rings. The number of aromatic nitrogens is 2. The van der Waals surface area contributed by atoms with Crippen LogP contribution in [0.5, 0.6) is 5.75 Å². The van der Waals surface area contributed by atoms with E-state index < -0.39 is 0 Å². The minimum absolute atomic E-state index is 0.202. The van der Waals surface area contributed by atoms with Gasteiger partial charge in [-0.15, -0.1) is 0 Å². The lowest BCUT2D eigenvalue weighted by Crippen LogP contribution is -2.38. The molecule has 0 unspecified atom stereocenters. The molecule has 1 amide bonds. The Morgan fingerprint density at radius 2 is 1.66 bits per heavy atom. The van der Waals surface area contributed by atoms with Crippen molar-refractivity contribution >= 4 is 5.91 Å². The normalized spacial score (nSPS) is 11.1. The fraction of sp³-hybridized carbons (Fsp3) is 0.261. The van der Waals surface area contributed by atoms with Gasteiger partial charge < -0.3 is 10.1 Å². The summed E-state index contributed by atoms with van der Waals surface area (Å²) in [4.78, 5) is 24.6. The molecule has 0 saturated heterocycles. The van der Waals surface area contributed by atoms with Crippen molar-refractivity contribution in [3.8, 4) is 5.75 Å². The molecule has 6 nitrogen and oxygen atoms in total. The number of carbonyl (C=O) groups excluding carboxylic acids is 1. The number of hydrogen-bond acceptors (Lipinski definition) is 4. The molecule has 0 spiro atoms. The molecular weight excluding hydrogens is 366 g/mol. The molecule has 29 heavy (non-hydrogen) atoms. The van der Waals surface area contributed by atoms with Gasteiger partial charge in [0.2, 0.25) is 0 Å². The van der Waals surface area contributed by atoms with Gasteiger partial charge in [-0.05, 0) is 23.8 Å². The summed E-state index contributed by atoms with van der Waals surface area (Å²) < 4.78 is 6.86. The summed E-state index contributed by atoms with van der Waals surface area (Å²) in [5.41, 5.74) is 0.835. The molecule has 1 aromatic heterocycles. The van der Waals surface area contributed by atoms with E-state index in [1.54, 1.807) is 0 Å². The van der Waals surface area contributed by atoms with Crippen LogP contribution in [0.1, 0.15) is 29.9 Å². The lowest BCUT2D eigenvalue weighted by Gasteiger charge is -2.25. The summed E-state index contributed by atoms with van der Waals surface area (Å²) in [5, 5.41) is 7.11. The fourth-order valence-electron chi connectivity index (χ4n) is 2.88. The van der Waals surface area contributed by atoms with E-state index >= 15 is 0 Å². The van der Waals surface area contributed by atoms with Crippen molar-refractivity contribution < 1.29 is 9.53 Å². The minimum Gasteiger partial charge on any atom is -0.492 e. The van der Waals surface area contributed by atoms with Gasteiger partial charge in [0.15, 0.2) is 0 Å². The smallest absolute Gasteiger partial charge is 0.271 e. The van der Waals surface area contributed by atoms with Crippen molar-refractivity contribution in [1.82, 2.24) is 15.1 Å². The van der Waals surface area contributed by atoms with Crippen molar-refractivity contribution in [2.45, 2.75) is 25.8 Å². The molecule has 0 radical (unpaired) electrons. The lowest BCUT2D eigenvalue weighted by molar-refractivity contribution is 0.0937. The Kier molecular flexibility index (Phi) is 6.44. The zero-order chi connectivity index (χ0) is 20.7. The van der Waals surface area contributed by atoms with Gasteiger partial charge in [-0.25, -0.2) is 4.68 Å². The lowest BCUT2D eigenvalue weighted by atomic mass is 9.84. The Balaban J connectivity index is 1.61. The standard InChI is InChI=1S/C23H25N3O3/c1-23(2,18-9-5-3-6-10-18)17-24-22(28)20-13-14-21(27)26(25-20)15-16-29-19-11-7-4-8-12-19/h3-14H,15-17H2,1-2H3,(H,24,28). The summed E-state index contributed by atoms with van der Waals surface area (Å²) in [6.07, 6.45) is 0. The molecule has 0 bridgehead atoms. The van der Waals surface area contributed by atoms with E-state index in [0.29, 0.717) is 6.54 Å². The molecule has 0 saturated carbocycles. The van der Waals surface area contributed by atoms with Crippen LogP contribution in [0.15, 0.2) is 77.6 Å². The van der Waals surface area contributed by atoms with Gasteiger partial charge in [0.25, 0.3) is 11.5 Å². The molecule has 3 rings (SSSR count). The largest absolute Gasteiger partial charge is 0.492 e. The van der Waals surface area contributed by atoms with Crippen LogP contribution in [0, 0.1) is 0 Å². The van der Waals surface area contributed by atoms with Gasteiger partial charge in [0.05, 0.1) is 6.54 Å². The molecular formula is C23H25N3O3. The van der Waals surface area contributed by atoms with Crippen LogP contribution in [-0.4, -0.2) is 28.8 Å². The Hall–Kier alpha value is -3.41. The molecule has 0 atom stereocenters. The van der Waals surface area contributed by atoms with E-state index in [1.807, 2.05) is 60.7 Å². The van der Waals surface area contributed by atoms with Crippen molar-refractivity contribution in [2.24, 2.45) is 0 Å². The Morgan fingerprint density at radius 3 is 2.34 bits per heavy atom.